The first-order chi connectivity index (χ1) is 7.66. The molecule has 0 unspecified atom stereocenters. The lowest BCUT2D eigenvalue weighted by atomic mass is 9.83. The van der Waals surface area contributed by atoms with E-state index < -0.39 is 0 Å². The molecule has 1 aliphatic rings. The molecule has 96 valence electrons. The van der Waals surface area contributed by atoms with Crippen LogP contribution in [0.15, 0.2) is 0 Å². The summed E-state index contributed by atoms with van der Waals surface area (Å²) in [6.45, 7) is 6.73. The molecular weight excluding hydrogens is 202 g/mol. The van der Waals surface area contributed by atoms with Crippen LogP contribution in [0, 0.1) is 10.8 Å². The summed E-state index contributed by atoms with van der Waals surface area (Å²) in [4.78, 5) is 0. The van der Waals surface area contributed by atoms with Crippen molar-refractivity contribution in [1.29, 1.82) is 0 Å². The predicted molar refractivity (Wildman–Crippen MR) is 66.3 cm³/mol. The van der Waals surface area contributed by atoms with E-state index in [0.29, 0.717) is 12.0 Å². The van der Waals surface area contributed by atoms with Gasteiger partial charge in [0.1, 0.15) is 0 Å². The molecule has 3 heteroatoms. The lowest BCUT2D eigenvalue weighted by Gasteiger charge is -2.30. The molecule has 1 fully saturated rings. The number of hydrogen-bond acceptors (Lipinski definition) is 3. The van der Waals surface area contributed by atoms with E-state index in [1.807, 2.05) is 0 Å². The molecule has 0 aromatic heterocycles. The maximum atomic E-state index is 9.44. The van der Waals surface area contributed by atoms with Gasteiger partial charge < -0.3 is 15.5 Å². The summed E-state index contributed by atoms with van der Waals surface area (Å²) < 4.78 is 0. The standard InChI is InChI=1S/C13H27NO2/c1-3-12(4-2,11-16)9-14-10-13(5-6-13)7-8-15/h14-16H,3-11H2,1-2H3. The molecule has 16 heavy (non-hydrogen) atoms. The molecule has 0 atom stereocenters. The van der Waals surface area contributed by atoms with Crippen LogP contribution in [0.1, 0.15) is 46.0 Å². The van der Waals surface area contributed by atoms with Gasteiger partial charge in [-0.25, -0.2) is 0 Å². The second kappa shape index (κ2) is 5.99. The van der Waals surface area contributed by atoms with E-state index in [4.69, 9.17) is 5.11 Å². The van der Waals surface area contributed by atoms with Crippen molar-refractivity contribution >= 4 is 0 Å². The molecule has 0 aromatic rings. The summed E-state index contributed by atoms with van der Waals surface area (Å²) in [5.74, 6) is 0. The highest BCUT2D eigenvalue weighted by Crippen LogP contribution is 2.48. The van der Waals surface area contributed by atoms with Gasteiger partial charge in [0, 0.05) is 31.7 Å². The lowest BCUT2D eigenvalue weighted by molar-refractivity contribution is 0.110. The van der Waals surface area contributed by atoms with E-state index in [1.54, 1.807) is 0 Å². The summed E-state index contributed by atoms with van der Waals surface area (Å²) in [6, 6.07) is 0. The van der Waals surface area contributed by atoms with Gasteiger partial charge in [-0.15, -0.1) is 0 Å². The summed E-state index contributed by atoms with van der Waals surface area (Å²) in [7, 11) is 0. The Bertz CT molecular complexity index is 190. The Morgan fingerprint density at radius 3 is 2.19 bits per heavy atom. The van der Waals surface area contributed by atoms with Crippen LogP contribution in [0.2, 0.25) is 0 Å². The SMILES string of the molecule is CCC(CC)(CO)CNCC1(CCO)CC1. The quantitative estimate of drug-likeness (QED) is 0.562. The molecule has 0 aliphatic heterocycles. The molecule has 0 heterocycles. The number of aliphatic hydroxyl groups is 2. The molecule has 3 N–H and O–H groups in total. The van der Waals surface area contributed by atoms with Crippen LogP contribution in [0.3, 0.4) is 0 Å². The molecule has 1 rings (SSSR count). The van der Waals surface area contributed by atoms with Gasteiger partial charge in [0.05, 0.1) is 0 Å². The van der Waals surface area contributed by atoms with Crippen LogP contribution in [0.25, 0.3) is 0 Å². The second-order valence-electron chi connectivity index (χ2n) is 5.44. The molecule has 0 aromatic carbocycles. The summed E-state index contributed by atoms with van der Waals surface area (Å²) in [5, 5.41) is 21.9. The van der Waals surface area contributed by atoms with Gasteiger partial charge in [-0.05, 0) is 37.5 Å². The monoisotopic (exact) mass is 229 g/mol. The smallest absolute Gasteiger partial charge is 0.0499 e. The Labute approximate surface area is 99.3 Å². The fourth-order valence-corrected chi connectivity index (χ4v) is 2.30. The Balaban J connectivity index is 2.28. The number of hydrogen-bond donors (Lipinski definition) is 3. The molecule has 0 radical (unpaired) electrons. The maximum absolute atomic E-state index is 9.44. The van der Waals surface area contributed by atoms with E-state index >= 15 is 0 Å². The molecule has 1 saturated carbocycles. The third-order valence-corrected chi connectivity index (χ3v) is 4.43. The summed E-state index contributed by atoms with van der Waals surface area (Å²) in [6.07, 6.45) is 5.43. The number of aliphatic hydroxyl groups excluding tert-OH is 2. The zero-order valence-corrected chi connectivity index (χ0v) is 10.8. The van der Waals surface area contributed by atoms with Gasteiger partial charge in [0.25, 0.3) is 0 Å². The Morgan fingerprint density at radius 2 is 1.81 bits per heavy atom. The minimum Gasteiger partial charge on any atom is -0.396 e. The fourth-order valence-electron chi connectivity index (χ4n) is 2.30. The van der Waals surface area contributed by atoms with Gasteiger partial charge in [0.15, 0.2) is 0 Å². The van der Waals surface area contributed by atoms with Crippen molar-refractivity contribution in [2.75, 3.05) is 26.3 Å². The Kier molecular flexibility index (Phi) is 5.22. The van der Waals surface area contributed by atoms with Gasteiger partial charge in [0.2, 0.25) is 0 Å². The average Bonchev–Trinajstić information content (AvgIpc) is 3.06. The van der Waals surface area contributed by atoms with E-state index in [9.17, 15) is 5.11 Å². The van der Waals surface area contributed by atoms with E-state index in [1.165, 1.54) is 12.8 Å². The Hall–Kier alpha value is -0.120. The molecule has 0 amide bonds. The highest BCUT2D eigenvalue weighted by molar-refractivity contribution is 4.95. The van der Waals surface area contributed by atoms with Gasteiger partial charge in [-0.3, -0.25) is 0 Å². The minimum absolute atomic E-state index is 0.0509. The maximum Gasteiger partial charge on any atom is 0.0499 e. The van der Waals surface area contributed by atoms with Crippen molar-refractivity contribution in [3.63, 3.8) is 0 Å². The fraction of sp³-hybridized carbons (Fsp3) is 1.00. The van der Waals surface area contributed by atoms with E-state index in [-0.39, 0.29) is 12.0 Å². The average molecular weight is 229 g/mol. The predicted octanol–water partition coefficient (Wildman–Crippen LogP) is 1.54. The molecule has 0 saturated heterocycles. The topological polar surface area (TPSA) is 52.5 Å². The van der Waals surface area contributed by atoms with Crippen LogP contribution < -0.4 is 5.32 Å². The first kappa shape index (κ1) is 13.9. The first-order valence-corrected chi connectivity index (χ1v) is 6.58. The minimum atomic E-state index is 0.0509. The normalized spacial score (nSPS) is 18.8. The van der Waals surface area contributed by atoms with E-state index in [0.717, 1.165) is 32.4 Å². The van der Waals surface area contributed by atoms with Gasteiger partial charge in [-0.1, -0.05) is 13.8 Å². The largest absolute Gasteiger partial charge is 0.396 e. The zero-order valence-electron chi connectivity index (χ0n) is 10.8. The van der Waals surface area contributed by atoms with E-state index in [2.05, 4.69) is 19.2 Å². The third kappa shape index (κ3) is 3.44. The van der Waals surface area contributed by atoms with Crippen LogP contribution >= 0.6 is 0 Å². The van der Waals surface area contributed by atoms with Gasteiger partial charge in [-0.2, -0.15) is 0 Å². The Morgan fingerprint density at radius 1 is 1.19 bits per heavy atom. The van der Waals surface area contributed by atoms with Crippen molar-refractivity contribution in [3.05, 3.63) is 0 Å². The van der Waals surface area contributed by atoms with Crippen LogP contribution in [-0.2, 0) is 0 Å². The highest BCUT2D eigenvalue weighted by Gasteiger charge is 2.41. The third-order valence-electron chi connectivity index (χ3n) is 4.43. The molecular formula is C13H27NO2. The zero-order chi connectivity index (χ0) is 12.1. The molecule has 0 spiro atoms. The van der Waals surface area contributed by atoms with Crippen LogP contribution in [0.4, 0.5) is 0 Å². The number of rotatable bonds is 9. The van der Waals surface area contributed by atoms with Gasteiger partial charge >= 0.3 is 0 Å². The highest BCUT2D eigenvalue weighted by atomic mass is 16.3. The first-order valence-electron chi connectivity index (χ1n) is 6.58. The van der Waals surface area contributed by atoms with Crippen molar-refractivity contribution in [1.82, 2.24) is 5.32 Å². The number of nitrogens with one attached hydrogen (secondary N) is 1. The second-order valence-corrected chi connectivity index (χ2v) is 5.44. The van der Waals surface area contributed by atoms with Crippen LogP contribution in [0.5, 0.6) is 0 Å². The van der Waals surface area contributed by atoms with Crippen molar-refractivity contribution < 1.29 is 10.2 Å². The van der Waals surface area contributed by atoms with Crippen molar-refractivity contribution in [2.24, 2.45) is 10.8 Å². The van der Waals surface area contributed by atoms with Crippen molar-refractivity contribution in [3.8, 4) is 0 Å². The van der Waals surface area contributed by atoms with Crippen LogP contribution in [-0.4, -0.2) is 36.5 Å². The molecule has 1 aliphatic carbocycles. The molecule has 0 bridgehead atoms. The summed E-state index contributed by atoms with van der Waals surface area (Å²) >= 11 is 0. The summed E-state index contributed by atoms with van der Waals surface area (Å²) in [5.41, 5.74) is 0.423. The molecule has 3 nitrogen and oxygen atoms in total. The lowest BCUT2D eigenvalue weighted by Crippen LogP contribution is -2.39. The van der Waals surface area contributed by atoms with Crippen molar-refractivity contribution in [2.45, 2.75) is 46.0 Å².